The second-order valence-corrected chi connectivity index (χ2v) is 11.8. The molecule has 0 fully saturated rings. The summed E-state index contributed by atoms with van der Waals surface area (Å²) in [5.41, 5.74) is 1.14. The molecule has 0 spiro atoms. The molecule has 4 aromatic rings. The topological polar surface area (TPSA) is 86.8 Å². The number of halogens is 2. The van der Waals surface area contributed by atoms with Gasteiger partial charge in [0.1, 0.15) is 18.4 Å². The summed E-state index contributed by atoms with van der Waals surface area (Å²) in [5.74, 6) is -1.68. The number of hydrogen-bond donors (Lipinski definition) is 1. The van der Waals surface area contributed by atoms with Crippen molar-refractivity contribution < 1.29 is 22.4 Å². The van der Waals surface area contributed by atoms with Crippen molar-refractivity contribution in [2.75, 3.05) is 17.4 Å². The first-order chi connectivity index (χ1) is 20.2. The van der Waals surface area contributed by atoms with Gasteiger partial charge in [0, 0.05) is 30.1 Å². The summed E-state index contributed by atoms with van der Waals surface area (Å²) in [6, 6.07) is 27.9. The first-order valence-electron chi connectivity index (χ1n) is 13.4. The summed E-state index contributed by atoms with van der Waals surface area (Å²) in [6.45, 7) is 1.16. The zero-order valence-corrected chi connectivity index (χ0v) is 24.6. The van der Waals surface area contributed by atoms with Crippen molar-refractivity contribution in [2.45, 2.75) is 30.8 Å². The highest BCUT2D eigenvalue weighted by molar-refractivity contribution is 7.92. The molecule has 4 rings (SSSR count). The zero-order valence-electron chi connectivity index (χ0n) is 23.0. The molecule has 0 saturated heterocycles. The van der Waals surface area contributed by atoms with Gasteiger partial charge in [-0.25, -0.2) is 12.8 Å². The van der Waals surface area contributed by atoms with E-state index < -0.39 is 40.2 Å². The summed E-state index contributed by atoms with van der Waals surface area (Å²) in [4.78, 5) is 28.9. The maximum atomic E-state index is 14.9. The molecule has 4 aromatic carbocycles. The van der Waals surface area contributed by atoms with Crippen molar-refractivity contribution in [3.63, 3.8) is 0 Å². The fourth-order valence-corrected chi connectivity index (χ4v) is 6.15. The summed E-state index contributed by atoms with van der Waals surface area (Å²) < 4.78 is 43.6. The number of likely N-dealkylation sites (N-methyl/N-ethyl adjacent to an activating group) is 1. The van der Waals surface area contributed by atoms with Gasteiger partial charge in [-0.15, -0.1) is 0 Å². The Morgan fingerprint density at radius 3 is 2.17 bits per heavy atom. The minimum atomic E-state index is -4.24. The minimum absolute atomic E-state index is 0.0250. The van der Waals surface area contributed by atoms with Crippen LogP contribution in [0.2, 0.25) is 5.02 Å². The molecule has 0 aromatic heterocycles. The van der Waals surface area contributed by atoms with Gasteiger partial charge in [0.25, 0.3) is 10.0 Å². The van der Waals surface area contributed by atoms with Gasteiger partial charge in [-0.05, 0) is 48.9 Å². The average molecular weight is 608 g/mol. The molecule has 0 aliphatic heterocycles. The molecule has 42 heavy (non-hydrogen) atoms. The van der Waals surface area contributed by atoms with E-state index in [9.17, 15) is 22.4 Å². The number of carbonyl (C=O) groups is 2. The van der Waals surface area contributed by atoms with E-state index in [-0.39, 0.29) is 34.1 Å². The standard InChI is InChI=1S/C32H31ClFN3O4S/c1-2-35-32(39)30(20-24-12-5-3-6-13-24)36(22-25-14-9-10-19-29(25)34)31(38)23-37(27-16-11-15-26(33)21-27)42(40,41)28-17-7-4-8-18-28/h3-19,21,30H,2,20,22-23H2,1H3,(H,35,39)/t30-/m0/s1. The summed E-state index contributed by atoms with van der Waals surface area (Å²) >= 11 is 6.21. The summed E-state index contributed by atoms with van der Waals surface area (Å²) in [6.07, 6.45) is 0.134. The van der Waals surface area contributed by atoms with Crippen LogP contribution in [0.15, 0.2) is 114 Å². The number of hydrogen-bond acceptors (Lipinski definition) is 4. The van der Waals surface area contributed by atoms with Gasteiger partial charge in [-0.2, -0.15) is 0 Å². The van der Waals surface area contributed by atoms with Gasteiger partial charge in [-0.1, -0.05) is 84.4 Å². The van der Waals surface area contributed by atoms with Crippen molar-refractivity contribution >= 4 is 39.1 Å². The normalized spacial score (nSPS) is 11.9. The Labute approximate surface area is 250 Å². The smallest absolute Gasteiger partial charge is 0.264 e. The molecule has 1 atom stereocenters. The Morgan fingerprint density at radius 2 is 1.52 bits per heavy atom. The van der Waals surface area contributed by atoms with E-state index >= 15 is 0 Å². The molecule has 7 nitrogen and oxygen atoms in total. The number of rotatable bonds is 12. The number of nitrogens with zero attached hydrogens (tertiary/aromatic N) is 2. The second-order valence-electron chi connectivity index (χ2n) is 9.52. The van der Waals surface area contributed by atoms with E-state index in [1.165, 1.54) is 47.4 Å². The fourth-order valence-electron chi connectivity index (χ4n) is 4.54. The van der Waals surface area contributed by atoms with Crippen LogP contribution >= 0.6 is 11.6 Å². The minimum Gasteiger partial charge on any atom is -0.355 e. The van der Waals surface area contributed by atoms with Crippen molar-refractivity contribution in [3.05, 3.63) is 131 Å². The number of sulfonamides is 1. The third-order valence-electron chi connectivity index (χ3n) is 6.63. The highest BCUT2D eigenvalue weighted by Crippen LogP contribution is 2.27. The Kier molecular flexibility index (Phi) is 10.3. The monoisotopic (exact) mass is 607 g/mol. The van der Waals surface area contributed by atoms with Crippen LogP contribution in [0.1, 0.15) is 18.1 Å². The lowest BCUT2D eigenvalue weighted by Gasteiger charge is -2.34. The molecule has 2 amide bonds. The Balaban J connectivity index is 1.80. The van der Waals surface area contributed by atoms with E-state index in [0.29, 0.717) is 6.54 Å². The van der Waals surface area contributed by atoms with Gasteiger partial charge in [-0.3, -0.25) is 13.9 Å². The lowest BCUT2D eigenvalue weighted by Crippen LogP contribution is -2.53. The molecule has 0 saturated carbocycles. The number of amides is 2. The summed E-state index contributed by atoms with van der Waals surface area (Å²) in [7, 11) is -4.24. The third kappa shape index (κ3) is 7.54. The fraction of sp³-hybridized carbons (Fsp3) is 0.188. The largest absolute Gasteiger partial charge is 0.355 e. The van der Waals surface area contributed by atoms with Gasteiger partial charge >= 0.3 is 0 Å². The molecule has 0 unspecified atom stereocenters. The Morgan fingerprint density at radius 1 is 0.881 bits per heavy atom. The lowest BCUT2D eigenvalue weighted by molar-refractivity contribution is -0.140. The molecule has 0 aliphatic carbocycles. The first-order valence-corrected chi connectivity index (χ1v) is 15.2. The highest BCUT2D eigenvalue weighted by atomic mass is 35.5. The van der Waals surface area contributed by atoms with E-state index in [2.05, 4.69) is 5.32 Å². The van der Waals surface area contributed by atoms with Crippen LogP contribution in [-0.4, -0.2) is 44.3 Å². The maximum absolute atomic E-state index is 14.9. The second kappa shape index (κ2) is 14.1. The third-order valence-corrected chi connectivity index (χ3v) is 8.65. The van der Waals surface area contributed by atoms with Crippen LogP contribution in [0, 0.1) is 5.82 Å². The van der Waals surface area contributed by atoms with Crippen molar-refractivity contribution in [2.24, 2.45) is 0 Å². The molecular weight excluding hydrogens is 577 g/mol. The van der Waals surface area contributed by atoms with Crippen LogP contribution in [0.4, 0.5) is 10.1 Å². The zero-order chi connectivity index (χ0) is 30.1. The molecule has 0 heterocycles. The van der Waals surface area contributed by atoms with Crippen LogP contribution in [0.3, 0.4) is 0 Å². The Bertz CT molecular complexity index is 1620. The number of benzene rings is 4. The number of carbonyl (C=O) groups excluding carboxylic acids is 2. The average Bonchev–Trinajstić information content (AvgIpc) is 2.99. The van der Waals surface area contributed by atoms with E-state index in [1.807, 2.05) is 30.3 Å². The van der Waals surface area contributed by atoms with E-state index in [0.717, 1.165) is 9.87 Å². The predicted molar refractivity (Wildman–Crippen MR) is 162 cm³/mol. The molecule has 0 radical (unpaired) electrons. The number of anilines is 1. The SMILES string of the molecule is CCNC(=O)[C@H](Cc1ccccc1)N(Cc1ccccc1F)C(=O)CN(c1cccc(Cl)c1)S(=O)(=O)c1ccccc1. The van der Waals surface area contributed by atoms with Gasteiger partial charge in [0.2, 0.25) is 11.8 Å². The van der Waals surface area contributed by atoms with E-state index in [1.54, 1.807) is 43.3 Å². The maximum Gasteiger partial charge on any atom is 0.264 e. The lowest BCUT2D eigenvalue weighted by atomic mass is 10.0. The van der Waals surface area contributed by atoms with Crippen molar-refractivity contribution in [3.8, 4) is 0 Å². The van der Waals surface area contributed by atoms with Gasteiger partial charge in [0.15, 0.2) is 0 Å². The molecule has 0 aliphatic rings. The molecule has 0 bridgehead atoms. The number of nitrogens with one attached hydrogen (secondary N) is 1. The molecule has 218 valence electrons. The van der Waals surface area contributed by atoms with Crippen molar-refractivity contribution in [1.29, 1.82) is 0 Å². The molecule has 10 heteroatoms. The van der Waals surface area contributed by atoms with Crippen LogP contribution in [0.5, 0.6) is 0 Å². The Hall–Kier alpha value is -4.21. The highest BCUT2D eigenvalue weighted by Gasteiger charge is 2.34. The molecule has 1 N–H and O–H groups in total. The first kappa shape index (κ1) is 30.7. The molecular formula is C32H31ClFN3O4S. The van der Waals surface area contributed by atoms with Crippen LogP contribution in [0.25, 0.3) is 0 Å². The van der Waals surface area contributed by atoms with E-state index in [4.69, 9.17) is 11.6 Å². The van der Waals surface area contributed by atoms with Crippen LogP contribution < -0.4 is 9.62 Å². The predicted octanol–water partition coefficient (Wildman–Crippen LogP) is 5.45. The quantitative estimate of drug-likeness (QED) is 0.232. The van der Waals surface area contributed by atoms with Crippen LogP contribution in [-0.2, 0) is 32.6 Å². The van der Waals surface area contributed by atoms with Gasteiger partial charge in [0.05, 0.1) is 10.6 Å². The summed E-state index contributed by atoms with van der Waals surface area (Å²) in [5, 5.41) is 3.05. The van der Waals surface area contributed by atoms with Gasteiger partial charge < -0.3 is 10.2 Å². The van der Waals surface area contributed by atoms with Crippen molar-refractivity contribution in [1.82, 2.24) is 10.2 Å².